The summed E-state index contributed by atoms with van der Waals surface area (Å²) in [6, 6.07) is 13.1. The largest absolute Gasteiger partial charge is 0.242 e. The van der Waals surface area contributed by atoms with Gasteiger partial charge in [0.15, 0.2) is 0 Å². The fourth-order valence-corrected chi connectivity index (χ4v) is 6.71. The number of hydrogen-bond acceptors (Lipinski definition) is 0. The Balaban J connectivity index is 1.32. The van der Waals surface area contributed by atoms with E-state index in [4.69, 9.17) is 0 Å². The lowest BCUT2D eigenvalue weighted by Crippen LogP contribution is -2.30. The van der Waals surface area contributed by atoms with Crippen molar-refractivity contribution in [1.82, 2.24) is 0 Å². The molecule has 0 nitrogen and oxygen atoms in total. The smallest absolute Gasteiger partial charge is 0.129 e. The van der Waals surface area contributed by atoms with Crippen LogP contribution < -0.4 is 0 Å². The third kappa shape index (κ3) is 6.49. The highest BCUT2D eigenvalue weighted by Crippen LogP contribution is 2.48. The number of rotatable bonds is 10. The number of hydrogen-bond donors (Lipinski definition) is 0. The van der Waals surface area contributed by atoms with Gasteiger partial charge in [0.05, 0.1) is 0 Å². The van der Waals surface area contributed by atoms with E-state index in [0.29, 0.717) is 12.3 Å². The van der Waals surface area contributed by atoms with Crippen molar-refractivity contribution < 1.29 is 4.39 Å². The number of fused-ring (bicyclic) bond motifs is 2. The molecule has 180 valence electrons. The third-order valence-electron chi connectivity index (χ3n) is 8.74. The summed E-state index contributed by atoms with van der Waals surface area (Å²) in [6.07, 6.45) is 20.6. The van der Waals surface area contributed by atoms with Gasteiger partial charge in [-0.2, -0.15) is 0 Å². The van der Waals surface area contributed by atoms with E-state index in [2.05, 4.69) is 31.2 Å². The molecule has 0 saturated heterocycles. The lowest BCUT2D eigenvalue weighted by Gasteiger charge is -2.42. The second kappa shape index (κ2) is 12.2. The Hall–Kier alpha value is -1.63. The van der Waals surface area contributed by atoms with E-state index in [1.807, 2.05) is 31.2 Å². The Labute approximate surface area is 202 Å². The molecule has 2 aliphatic rings. The van der Waals surface area contributed by atoms with Crippen LogP contribution in [0.1, 0.15) is 121 Å². The molecule has 5 atom stereocenters. The van der Waals surface area contributed by atoms with Crippen LogP contribution >= 0.6 is 0 Å². The number of benzene rings is 2. The van der Waals surface area contributed by atoms with Gasteiger partial charge in [-0.15, -0.1) is 0 Å². The van der Waals surface area contributed by atoms with E-state index < -0.39 is 6.17 Å². The molecule has 2 aromatic rings. The first-order chi connectivity index (χ1) is 16.2. The van der Waals surface area contributed by atoms with Gasteiger partial charge in [-0.3, -0.25) is 0 Å². The quantitative estimate of drug-likeness (QED) is 0.250. The van der Waals surface area contributed by atoms with Crippen LogP contribution in [0, 0.1) is 17.8 Å². The van der Waals surface area contributed by atoms with Gasteiger partial charge in [0.1, 0.15) is 6.17 Å². The minimum atomic E-state index is -0.910. The second-order valence-electron chi connectivity index (χ2n) is 11.1. The summed E-state index contributed by atoms with van der Waals surface area (Å²) in [6.45, 7) is 4.25. The van der Waals surface area contributed by atoms with Crippen molar-refractivity contribution in [2.24, 2.45) is 17.8 Å². The van der Waals surface area contributed by atoms with Crippen LogP contribution in [-0.2, 0) is 0 Å². The molecule has 0 aromatic heterocycles. The molecule has 0 radical (unpaired) electrons. The average Bonchev–Trinajstić information content (AvgIpc) is 2.86. The fraction of sp³-hybridized carbons (Fsp3) is 0.625. The molecule has 0 N–H and O–H groups in total. The molecule has 33 heavy (non-hydrogen) atoms. The molecule has 1 heteroatoms. The first-order valence-electron chi connectivity index (χ1n) is 14.0. The van der Waals surface area contributed by atoms with E-state index in [0.717, 1.165) is 23.3 Å². The van der Waals surface area contributed by atoms with Crippen molar-refractivity contribution in [2.75, 3.05) is 0 Å². The van der Waals surface area contributed by atoms with Gasteiger partial charge in [-0.05, 0) is 90.7 Å². The molecular formula is C32H45F. The van der Waals surface area contributed by atoms with Crippen LogP contribution in [0.2, 0.25) is 0 Å². The summed E-state index contributed by atoms with van der Waals surface area (Å²) in [4.78, 5) is 0. The summed E-state index contributed by atoms with van der Waals surface area (Å²) in [5.41, 5.74) is 2.31. The van der Waals surface area contributed by atoms with Crippen molar-refractivity contribution >= 4 is 10.8 Å². The molecule has 2 aliphatic carbocycles. The van der Waals surface area contributed by atoms with Crippen LogP contribution in [0.5, 0.6) is 0 Å². The average molecular weight is 449 g/mol. The maximum atomic E-state index is 14.5. The van der Waals surface area contributed by atoms with Gasteiger partial charge in [0.2, 0.25) is 0 Å². The third-order valence-corrected chi connectivity index (χ3v) is 8.74. The first kappa shape index (κ1) is 24.5. The predicted molar refractivity (Wildman–Crippen MR) is 142 cm³/mol. The van der Waals surface area contributed by atoms with Gasteiger partial charge < -0.3 is 0 Å². The molecular weight excluding hydrogens is 403 g/mol. The van der Waals surface area contributed by atoms with Crippen LogP contribution in [0.25, 0.3) is 10.8 Å². The summed E-state index contributed by atoms with van der Waals surface area (Å²) >= 11 is 0. The highest BCUT2D eigenvalue weighted by atomic mass is 19.1. The lowest BCUT2D eigenvalue weighted by atomic mass is 9.63. The molecule has 0 aliphatic heterocycles. The monoisotopic (exact) mass is 448 g/mol. The normalized spacial score (nSPS) is 26.5. The lowest BCUT2D eigenvalue weighted by molar-refractivity contribution is 0.113. The molecule has 2 aromatic carbocycles. The molecule has 0 bridgehead atoms. The molecule has 4 rings (SSSR count). The molecule has 2 saturated carbocycles. The second-order valence-corrected chi connectivity index (χ2v) is 11.1. The molecule has 5 unspecified atom stereocenters. The van der Waals surface area contributed by atoms with Gasteiger partial charge in [-0.25, -0.2) is 4.39 Å². The maximum absolute atomic E-state index is 14.5. The predicted octanol–water partition coefficient (Wildman–Crippen LogP) is 10.5. The van der Waals surface area contributed by atoms with Gasteiger partial charge in [0, 0.05) is 6.42 Å². The number of allylic oxidation sites excluding steroid dienone is 2. The summed E-state index contributed by atoms with van der Waals surface area (Å²) < 4.78 is 14.5. The maximum Gasteiger partial charge on any atom is 0.129 e. The standard InChI is InChI=1S/C32H45F/c1-3-5-7-8-9-10-24-12-13-26-21-27(15-14-25(26)20-24)28-16-17-30-23-31(19-18-29(30)22-28)32(33)11-6-4-2/h4,6,16-19,22-27,32H,3,5,7-15,20-21H2,1-2H3/b6-4+. The summed E-state index contributed by atoms with van der Waals surface area (Å²) in [5, 5.41) is 2.44. The minimum Gasteiger partial charge on any atom is -0.242 e. The van der Waals surface area contributed by atoms with Crippen molar-refractivity contribution in [2.45, 2.75) is 109 Å². The van der Waals surface area contributed by atoms with Crippen molar-refractivity contribution in [3.05, 3.63) is 59.7 Å². The van der Waals surface area contributed by atoms with Crippen LogP contribution in [-0.4, -0.2) is 0 Å². The molecule has 2 fully saturated rings. The topological polar surface area (TPSA) is 0 Å². The highest BCUT2D eigenvalue weighted by Gasteiger charge is 2.35. The SMILES string of the molecule is C/C=C/CC(F)c1ccc2cc(C3CCC4CC(CCCCCCC)CCC4C3)ccc2c1. The Morgan fingerprint density at radius 1 is 0.879 bits per heavy atom. The van der Waals surface area contributed by atoms with Crippen molar-refractivity contribution in [1.29, 1.82) is 0 Å². The van der Waals surface area contributed by atoms with Crippen molar-refractivity contribution in [3.8, 4) is 0 Å². The van der Waals surface area contributed by atoms with Crippen molar-refractivity contribution in [3.63, 3.8) is 0 Å². The van der Waals surface area contributed by atoms with Gasteiger partial charge in [0.25, 0.3) is 0 Å². The Kier molecular flexibility index (Phi) is 9.04. The minimum absolute atomic E-state index is 0.463. The zero-order chi connectivity index (χ0) is 23.0. The van der Waals surface area contributed by atoms with E-state index in [9.17, 15) is 4.39 Å². The van der Waals surface area contributed by atoms with E-state index >= 15 is 0 Å². The van der Waals surface area contributed by atoms with Crippen LogP contribution in [0.3, 0.4) is 0 Å². The van der Waals surface area contributed by atoms with E-state index in [1.54, 1.807) is 0 Å². The van der Waals surface area contributed by atoms with E-state index in [-0.39, 0.29) is 0 Å². The first-order valence-corrected chi connectivity index (χ1v) is 14.0. The van der Waals surface area contributed by atoms with Crippen LogP contribution in [0.4, 0.5) is 4.39 Å². The Bertz CT molecular complexity index is 897. The zero-order valence-electron chi connectivity index (χ0n) is 21.1. The van der Waals surface area contributed by atoms with Gasteiger partial charge >= 0.3 is 0 Å². The summed E-state index contributed by atoms with van der Waals surface area (Å²) in [7, 11) is 0. The number of halogens is 1. The zero-order valence-corrected chi connectivity index (χ0v) is 21.1. The highest BCUT2D eigenvalue weighted by molar-refractivity contribution is 5.84. The molecule has 0 spiro atoms. The molecule has 0 heterocycles. The number of alkyl halides is 1. The Morgan fingerprint density at radius 3 is 2.48 bits per heavy atom. The number of unbranched alkanes of at least 4 members (excludes halogenated alkanes) is 4. The van der Waals surface area contributed by atoms with E-state index in [1.165, 1.54) is 93.4 Å². The summed E-state index contributed by atoms with van der Waals surface area (Å²) in [5.74, 6) is 3.64. The van der Waals surface area contributed by atoms with Gasteiger partial charge in [-0.1, -0.05) is 94.4 Å². The fourth-order valence-electron chi connectivity index (χ4n) is 6.71. The van der Waals surface area contributed by atoms with Crippen LogP contribution in [0.15, 0.2) is 48.6 Å². The molecule has 0 amide bonds. The Morgan fingerprint density at radius 2 is 1.64 bits per heavy atom.